The van der Waals surface area contributed by atoms with E-state index in [9.17, 15) is 18.0 Å². The molecule has 3 nitrogen and oxygen atoms in total. The average Bonchev–Trinajstić information content (AvgIpc) is 2.60. The third-order valence-electron chi connectivity index (χ3n) is 4.33. The molecule has 1 amide bonds. The van der Waals surface area contributed by atoms with Crippen molar-refractivity contribution in [2.45, 2.75) is 51.2 Å². The molecule has 0 fully saturated rings. The zero-order valence-electron chi connectivity index (χ0n) is 16.6. The van der Waals surface area contributed by atoms with Crippen LogP contribution in [0.5, 0.6) is 5.75 Å². The Labute approximate surface area is 163 Å². The van der Waals surface area contributed by atoms with Crippen LogP contribution in [0, 0.1) is 0 Å². The summed E-state index contributed by atoms with van der Waals surface area (Å²) in [5.74, 6) is 0.414. The van der Waals surface area contributed by atoms with Gasteiger partial charge in [0, 0.05) is 17.9 Å². The molecule has 0 spiro atoms. The first-order valence-corrected chi connectivity index (χ1v) is 9.12. The predicted octanol–water partition coefficient (Wildman–Crippen LogP) is 5.54. The molecule has 152 valence electrons. The first-order chi connectivity index (χ1) is 13.0. The van der Waals surface area contributed by atoms with Crippen LogP contribution >= 0.6 is 0 Å². The number of hydrogen-bond donors (Lipinski definition) is 1. The summed E-state index contributed by atoms with van der Waals surface area (Å²) in [4.78, 5) is 12.2. The number of nitrogens with one attached hydrogen (secondary N) is 1. The number of rotatable bonds is 6. The normalized spacial score (nSPS) is 13.1. The third kappa shape index (κ3) is 6.29. The van der Waals surface area contributed by atoms with E-state index < -0.39 is 11.7 Å². The summed E-state index contributed by atoms with van der Waals surface area (Å²) in [5.41, 5.74) is 0.641. The topological polar surface area (TPSA) is 38.3 Å². The van der Waals surface area contributed by atoms with E-state index >= 15 is 0 Å². The highest BCUT2D eigenvalue weighted by atomic mass is 19.4. The van der Waals surface area contributed by atoms with Crippen LogP contribution in [-0.4, -0.2) is 18.6 Å². The van der Waals surface area contributed by atoms with Crippen molar-refractivity contribution in [2.24, 2.45) is 0 Å². The van der Waals surface area contributed by atoms with E-state index in [1.807, 2.05) is 45.0 Å². The standard InChI is InChI=1S/C22H26F3NO2/c1-21(2,3)26-20(27)14-13-19(16-7-11-18(28-4)12-8-16)15-5-9-17(10-6-15)22(23,24)25/h5-12,19H,13-14H2,1-4H3,(H,26,27)/t19-/m1/s1. The number of methoxy groups -OCH3 is 1. The van der Waals surface area contributed by atoms with Gasteiger partial charge in [-0.25, -0.2) is 0 Å². The van der Waals surface area contributed by atoms with E-state index in [1.54, 1.807) is 7.11 Å². The molecule has 28 heavy (non-hydrogen) atoms. The fraction of sp³-hybridized carbons (Fsp3) is 0.409. The van der Waals surface area contributed by atoms with E-state index in [4.69, 9.17) is 4.74 Å². The van der Waals surface area contributed by atoms with Crippen molar-refractivity contribution in [2.75, 3.05) is 7.11 Å². The van der Waals surface area contributed by atoms with Crippen molar-refractivity contribution >= 4 is 5.91 Å². The van der Waals surface area contributed by atoms with Crippen molar-refractivity contribution in [3.8, 4) is 5.75 Å². The highest BCUT2D eigenvalue weighted by Gasteiger charge is 2.30. The van der Waals surface area contributed by atoms with E-state index in [-0.39, 0.29) is 23.8 Å². The minimum Gasteiger partial charge on any atom is -0.497 e. The smallest absolute Gasteiger partial charge is 0.416 e. The first kappa shape index (κ1) is 21.8. The zero-order chi connectivity index (χ0) is 20.9. The summed E-state index contributed by atoms with van der Waals surface area (Å²) < 4.78 is 43.8. The van der Waals surface area contributed by atoms with Gasteiger partial charge in [0.15, 0.2) is 0 Å². The van der Waals surface area contributed by atoms with Gasteiger partial charge < -0.3 is 10.1 Å². The Morgan fingerprint density at radius 1 is 0.964 bits per heavy atom. The van der Waals surface area contributed by atoms with Gasteiger partial charge in [0.1, 0.15) is 5.75 Å². The molecule has 0 aliphatic carbocycles. The van der Waals surface area contributed by atoms with Gasteiger partial charge in [0.05, 0.1) is 12.7 Å². The Morgan fingerprint density at radius 2 is 1.46 bits per heavy atom. The second-order valence-electron chi connectivity index (χ2n) is 7.78. The second-order valence-corrected chi connectivity index (χ2v) is 7.78. The van der Waals surface area contributed by atoms with Gasteiger partial charge in [-0.3, -0.25) is 4.79 Å². The molecule has 0 aliphatic heterocycles. The van der Waals surface area contributed by atoms with Gasteiger partial charge in [-0.05, 0) is 62.6 Å². The molecule has 0 aliphatic rings. The highest BCUT2D eigenvalue weighted by molar-refractivity contribution is 5.76. The largest absolute Gasteiger partial charge is 0.497 e. The van der Waals surface area contributed by atoms with Gasteiger partial charge in [0.2, 0.25) is 5.91 Å². The van der Waals surface area contributed by atoms with Gasteiger partial charge in [0.25, 0.3) is 0 Å². The van der Waals surface area contributed by atoms with Crippen LogP contribution in [0.1, 0.15) is 56.2 Å². The molecule has 0 aromatic heterocycles. The van der Waals surface area contributed by atoms with Crippen molar-refractivity contribution in [3.05, 3.63) is 65.2 Å². The fourth-order valence-electron chi connectivity index (χ4n) is 3.02. The SMILES string of the molecule is COc1ccc([C@H](CCC(=O)NC(C)(C)C)c2ccc(C(F)(F)F)cc2)cc1. The second kappa shape index (κ2) is 8.67. The Hall–Kier alpha value is -2.50. The van der Waals surface area contributed by atoms with Crippen LogP contribution in [0.3, 0.4) is 0 Å². The maximum atomic E-state index is 12.9. The van der Waals surface area contributed by atoms with Crippen LogP contribution in [-0.2, 0) is 11.0 Å². The zero-order valence-corrected chi connectivity index (χ0v) is 16.6. The lowest BCUT2D eigenvalue weighted by atomic mass is 9.86. The maximum Gasteiger partial charge on any atom is 0.416 e. The molecule has 1 atom stereocenters. The molecule has 6 heteroatoms. The molecule has 2 aromatic rings. The minimum atomic E-state index is -4.37. The average molecular weight is 393 g/mol. The van der Waals surface area contributed by atoms with Crippen LogP contribution in [0.25, 0.3) is 0 Å². The summed E-state index contributed by atoms with van der Waals surface area (Å²) >= 11 is 0. The number of benzene rings is 2. The highest BCUT2D eigenvalue weighted by Crippen LogP contribution is 2.34. The molecule has 0 heterocycles. The summed E-state index contributed by atoms with van der Waals surface area (Å²) in [6, 6.07) is 12.5. The van der Waals surface area contributed by atoms with E-state index in [2.05, 4.69) is 5.32 Å². The number of alkyl halides is 3. The van der Waals surface area contributed by atoms with E-state index in [0.29, 0.717) is 12.2 Å². The molecule has 0 saturated heterocycles. The van der Waals surface area contributed by atoms with Gasteiger partial charge in [-0.2, -0.15) is 13.2 Å². The molecule has 0 saturated carbocycles. The summed E-state index contributed by atoms with van der Waals surface area (Å²) in [6.45, 7) is 5.71. The Bertz CT molecular complexity index is 775. The van der Waals surface area contributed by atoms with E-state index in [1.165, 1.54) is 12.1 Å². The first-order valence-electron chi connectivity index (χ1n) is 9.12. The molecule has 2 rings (SSSR count). The molecular weight excluding hydrogens is 367 g/mol. The maximum absolute atomic E-state index is 12.9. The number of ether oxygens (including phenoxy) is 1. The molecule has 0 radical (unpaired) electrons. The lowest BCUT2D eigenvalue weighted by molar-refractivity contribution is -0.137. The summed E-state index contributed by atoms with van der Waals surface area (Å²) in [5, 5.41) is 2.92. The van der Waals surface area contributed by atoms with Crippen LogP contribution < -0.4 is 10.1 Å². The minimum absolute atomic E-state index is 0.0853. The molecule has 2 aromatic carbocycles. The van der Waals surface area contributed by atoms with Crippen molar-refractivity contribution < 1.29 is 22.7 Å². The predicted molar refractivity (Wildman–Crippen MR) is 103 cm³/mol. The van der Waals surface area contributed by atoms with Gasteiger partial charge in [-0.1, -0.05) is 24.3 Å². The van der Waals surface area contributed by atoms with Gasteiger partial charge in [-0.15, -0.1) is 0 Å². The van der Waals surface area contributed by atoms with Crippen LogP contribution in [0.15, 0.2) is 48.5 Å². The van der Waals surface area contributed by atoms with Crippen molar-refractivity contribution in [3.63, 3.8) is 0 Å². The van der Waals surface area contributed by atoms with Crippen LogP contribution in [0.4, 0.5) is 13.2 Å². The van der Waals surface area contributed by atoms with Gasteiger partial charge >= 0.3 is 6.18 Å². The molecule has 0 unspecified atom stereocenters. The number of amides is 1. The van der Waals surface area contributed by atoms with E-state index in [0.717, 1.165) is 23.3 Å². The summed E-state index contributed by atoms with van der Waals surface area (Å²) in [7, 11) is 1.57. The molecule has 1 N–H and O–H groups in total. The summed E-state index contributed by atoms with van der Waals surface area (Å²) in [6.07, 6.45) is -3.62. The van der Waals surface area contributed by atoms with Crippen LogP contribution in [0.2, 0.25) is 0 Å². The lowest BCUT2D eigenvalue weighted by Gasteiger charge is -2.23. The Kier molecular flexibility index (Phi) is 6.75. The quantitative estimate of drug-likeness (QED) is 0.700. The lowest BCUT2D eigenvalue weighted by Crippen LogP contribution is -2.40. The molecular formula is C22H26F3NO2. The molecule has 0 bridgehead atoms. The van der Waals surface area contributed by atoms with Crippen molar-refractivity contribution in [1.82, 2.24) is 5.32 Å². The number of hydrogen-bond acceptors (Lipinski definition) is 2. The Morgan fingerprint density at radius 3 is 1.89 bits per heavy atom. The third-order valence-corrected chi connectivity index (χ3v) is 4.33. The van der Waals surface area contributed by atoms with Crippen molar-refractivity contribution in [1.29, 1.82) is 0 Å². The number of carbonyl (C=O) groups excluding carboxylic acids is 1. The fourth-order valence-corrected chi connectivity index (χ4v) is 3.02. The number of halogens is 3. The monoisotopic (exact) mass is 393 g/mol. The number of carbonyl (C=O) groups is 1. The Balaban J connectivity index is 2.26.